The Bertz CT molecular complexity index is 1750. The minimum atomic E-state index is -0.492. The molecular weight excluding hydrogens is 550 g/mol. The molecule has 4 heterocycles. The van der Waals surface area contributed by atoms with Gasteiger partial charge in [-0.15, -0.1) is 0 Å². The van der Waals surface area contributed by atoms with E-state index < -0.39 is 5.60 Å². The lowest BCUT2D eigenvalue weighted by molar-refractivity contribution is 0.0149. The second-order valence-corrected chi connectivity index (χ2v) is 12.4. The van der Waals surface area contributed by atoms with E-state index in [0.717, 1.165) is 66.0 Å². The Morgan fingerprint density at radius 2 is 1.70 bits per heavy atom. The number of nitrogens with two attached hydrogens (primary N) is 1. The first-order valence-corrected chi connectivity index (χ1v) is 15.1. The fourth-order valence-electron chi connectivity index (χ4n) is 5.74. The number of pyridine rings is 2. The maximum Gasteiger partial charge on any atom is 0.410 e. The van der Waals surface area contributed by atoms with Gasteiger partial charge in [0, 0.05) is 56.4 Å². The number of carbonyl (C=O) groups is 1. The number of amides is 1. The number of nitrogen functional groups attached to an aromatic ring is 1. The molecule has 44 heavy (non-hydrogen) atoms. The van der Waals surface area contributed by atoms with Crippen molar-refractivity contribution in [3.05, 3.63) is 90.8 Å². The van der Waals surface area contributed by atoms with E-state index in [-0.39, 0.29) is 12.1 Å². The summed E-state index contributed by atoms with van der Waals surface area (Å²) < 4.78 is 7.62. The number of carbonyl (C=O) groups excluding carboxylic acids is 1. The van der Waals surface area contributed by atoms with Gasteiger partial charge in [0.1, 0.15) is 16.9 Å². The zero-order valence-corrected chi connectivity index (χ0v) is 25.8. The van der Waals surface area contributed by atoms with Crippen LogP contribution in [-0.4, -0.2) is 67.2 Å². The Kier molecular flexibility index (Phi) is 8.05. The molecule has 0 saturated carbocycles. The number of rotatable bonds is 6. The number of nitrogens with zero attached hydrogens (tertiary/aromatic N) is 6. The number of benzene rings is 2. The molecule has 0 atom stereocenters. The van der Waals surface area contributed by atoms with Crippen LogP contribution in [-0.2, 0) is 11.3 Å². The second-order valence-electron chi connectivity index (χ2n) is 12.4. The van der Waals surface area contributed by atoms with E-state index in [4.69, 9.17) is 20.4 Å². The van der Waals surface area contributed by atoms with Crippen molar-refractivity contribution >= 4 is 23.1 Å². The summed E-state index contributed by atoms with van der Waals surface area (Å²) in [5.41, 5.74) is 12.4. The smallest absolute Gasteiger partial charge is 0.410 e. The van der Waals surface area contributed by atoms with Crippen molar-refractivity contribution in [2.75, 3.05) is 25.9 Å². The van der Waals surface area contributed by atoms with Crippen LogP contribution in [0.15, 0.2) is 85.2 Å². The van der Waals surface area contributed by atoms with Crippen molar-refractivity contribution in [2.45, 2.75) is 51.8 Å². The van der Waals surface area contributed by atoms with Crippen LogP contribution in [0.3, 0.4) is 0 Å². The number of hydrogen-bond acceptors (Lipinski definition) is 7. The predicted molar refractivity (Wildman–Crippen MR) is 174 cm³/mol. The number of anilines is 1. The molecule has 1 amide bonds. The van der Waals surface area contributed by atoms with Crippen molar-refractivity contribution in [3.63, 3.8) is 0 Å². The van der Waals surface area contributed by atoms with E-state index in [1.165, 1.54) is 5.56 Å². The molecule has 5 aromatic rings. The Hall–Kier alpha value is -4.76. The van der Waals surface area contributed by atoms with Gasteiger partial charge >= 0.3 is 6.09 Å². The third-order valence-electron chi connectivity index (χ3n) is 8.07. The van der Waals surface area contributed by atoms with Crippen LogP contribution in [0.4, 0.5) is 10.6 Å². The number of piperidine rings is 1. The third-order valence-corrected chi connectivity index (χ3v) is 8.07. The zero-order chi connectivity index (χ0) is 30.8. The van der Waals surface area contributed by atoms with Crippen LogP contribution < -0.4 is 5.73 Å². The summed E-state index contributed by atoms with van der Waals surface area (Å²) in [7, 11) is 1.84. The van der Waals surface area contributed by atoms with Crippen molar-refractivity contribution in [2.24, 2.45) is 0 Å². The normalized spacial score (nSPS) is 14.5. The number of imidazole rings is 1. The van der Waals surface area contributed by atoms with Gasteiger partial charge in [-0.25, -0.2) is 19.7 Å². The molecular formula is C35H39N7O2. The Balaban J connectivity index is 1.22. The van der Waals surface area contributed by atoms with Gasteiger partial charge in [-0.3, -0.25) is 9.47 Å². The van der Waals surface area contributed by atoms with E-state index in [0.29, 0.717) is 11.6 Å². The lowest BCUT2D eigenvalue weighted by Crippen LogP contribution is -2.46. The fraction of sp³-hybridized carbons (Fsp3) is 0.314. The van der Waals surface area contributed by atoms with Crippen molar-refractivity contribution in [3.8, 4) is 28.2 Å². The van der Waals surface area contributed by atoms with Crippen LogP contribution in [0.1, 0.15) is 39.2 Å². The summed E-state index contributed by atoms with van der Waals surface area (Å²) in [6, 6.07) is 24.8. The molecule has 226 valence electrons. The molecule has 2 aromatic carbocycles. The molecule has 1 fully saturated rings. The van der Waals surface area contributed by atoms with Gasteiger partial charge in [-0.2, -0.15) is 0 Å². The van der Waals surface area contributed by atoms with Gasteiger partial charge in [-0.05, 0) is 75.1 Å². The minimum absolute atomic E-state index is 0.186. The second kappa shape index (κ2) is 12.1. The van der Waals surface area contributed by atoms with E-state index >= 15 is 0 Å². The lowest BCUT2D eigenvalue weighted by atomic mass is 10.0. The first-order valence-electron chi connectivity index (χ1n) is 15.1. The molecule has 0 radical (unpaired) electrons. The van der Waals surface area contributed by atoms with Crippen LogP contribution in [0.5, 0.6) is 0 Å². The van der Waals surface area contributed by atoms with Crippen molar-refractivity contribution in [1.82, 2.24) is 29.3 Å². The molecule has 2 N–H and O–H groups in total. The quantitative estimate of drug-likeness (QED) is 0.239. The third kappa shape index (κ3) is 6.28. The zero-order valence-electron chi connectivity index (χ0n) is 25.8. The average Bonchev–Trinajstić information content (AvgIpc) is 3.40. The summed E-state index contributed by atoms with van der Waals surface area (Å²) in [5.74, 6) is 1.12. The minimum Gasteiger partial charge on any atom is -0.444 e. The van der Waals surface area contributed by atoms with Crippen LogP contribution >= 0.6 is 0 Å². The molecule has 9 nitrogen and oxygen atoms in total. The summed E-state index contributed by atoms with van der Waals surface area (Å²) >= 11 is 0. The molecule has 6 rings (SSSR count). The van der Waals surface area contributed by atoms with Crippen molar-refractivity contribution in [1.29, 1.82) is 0 Å². The van der Waals surface area contributed by atoms with Gasteiger partial charge < -0.3 is 15.4 Å². The predicted octanol–water partition coefficient (Wildman–Crippen LogP) is 6.56. The first kappa shape index (κ1) is 29.3. The van der Waals surface area contributed by atoms with Crippen LogP contribution in [0.2, 0.25) is 0 Å². The van der Waals surface area contributed by atoms with Crippen LogP contribution in [0.25, 0.3) is 39.4 Å². The molecule has 0 unspecified atom stereocenters. The SMILES string of the molecule is CN(C(=O)OC(C)(C)C)C1CCN(Cc2ccc(-n3c(-c4cccnc4N)nc4cc(-c5ccccc5)cnc43)cc2)CC1. The molecule has 1 aliphatic rings. The molecule has 0 spiro atoms. The molecule has 9 heteroatoms. The fourth-order valence-corrected chi connectivity index (χ4v) is 5.74. The standard InChI is InChI=1S/C35H39N7O2/c1-35(2,3)44-34(43)40(4)27-16-19-41(20-17-27)23-24-12-14-28(15-13-24)42-32(29-11-8-18-37-31(29)36)39-30-21-26(22-38-33(30)42)25-9-6-5-7-10-25/h5-15,18,21-22,27H,16-17,19-20,23H2,1-4H3,(H2,36,37). The Morgan fingerprint density at radius 1 is 0.977 bits per heavy atom. The monoisotopic (exact) mass is 589 g/mol. The molecule has 0 bridgehead atoms. The molecule has 3 aromatic heterocycles. The van der Waals surface area contributed by atoms with E-state index in [2.05, 4.69) is 56.9 Å². The summed E-state index contributed by atoms with van der Waals surface area (Å²) in [6.07, 6.45) is 5.16. The highest BCUT2D eigenvalue weighted by Crippen LogP contribution is 2.32. The van der Waals surface area contributed by atoms with Gasteiger partial charge in [0.2, 0.25) is 0 Å². The van der Waals surface area contributed by atoms with Gasteiger partial charge in [0.15, 0.2) is 11.5 Å². The summed E-state index contributed by atoms with van der Waals surface area (Å²) in [4.78, 5) is 30.9. The van der Waals surface area contributed by atoms with Crippen molar-refractivity contribution < 1.29 is 9.53 Å². The number of hydrogen-bond donors (Lipinski definition) is 1. The number of fused-ring (bicyclic) bond motifs is 1. The highest BCUT2D eigenvalue weighted by molar-refractivity contribution is 5.85. The maximum absolute atomic E-state index is 12.5. The van der Waals surface area contributed by atoms with Gasteiger partial charge in [0.05, 0.1) is 5.56 Å². The molecule has 1 saturated heterocycles. The van der Waals surface area contributed by atoms with E-state index in [1.807, 2.05) is 64.3 Å². The molecule has 0 aliphatic carbocycles. The van der Waals surface area contributed by atoms with E-state index in [9.17, 15) is 4.79 Å². The van der Waals surface area contributed by atoms with Crippen LogP contribution in [0, 0.1) is 0 Å². The van der Waals surface area contributed by atoms with Gasteiger partial charge in [0.25, 0.3) is 0 Å². The largest absolute Gasteiger partial charge is 0.444 e. The first-order chi connectivity index (χ1) is 21.2. The summed E-state index contributed by atoms with van der Waals surface area (Å²) in [5, 5.41) is 0. The number of ether oxygens (including phenoxy) is 1. The Morgan fingerprint density at radius 3 is 2.39 bits per heavy atom. The van der Waals surface area contributed by atoms with Gasteiger partial charge in [-0.1, -0.05) is 42.5 Å². The number of aromatic nitrogens is 4. The number of likely N-dealkylation sites (tertiary alicyclic amines) is 1. The topological polar surface area (TPSA) is 102 Å². The highest BCUT2D eigenvalue weighted by atomic mass is 16.6. The highest BCUT2D eigenvalue weighted by Gasteiger charge is 2.28. The maximum atomic E-state index is 12.5. The molecule has 1 aliphatic heterocycles. The summed E-state index contributed by atoms with van der Waals surface area (Å²) in [6.45, 7) is 8.38. The van der Waals surface area contributed by atoms with E-state index in [1.54, 1.807) is 11.1 Å². The Labute approximate surface area is 258 Å². The lowest BCUT2D eigenvalue weighted by Gasteiger charge is -2.37. The average molecular weight is 590 g/mol.